The molecule has 2 aromatic rings. The summed E-state index contributed by atoms with van der Waals surface area (Å²) < 4.78 is 0.587. The molecule has 2 rings (SSSR count). The van der Waals surface area contributed by atoms with E-state index in [9.17, 15) is 4.79 Å². The van der Waals surface area contributed by atoms with E-state index in [1.54, 1.807) is 6.20 Å². The first-order chi connectivity index (χ1) is 7.66. The van der Waals surface area contributed by atoms with Crippen LogP contribution >= 0.6 is 15.9 Å². The van der Waals surface area contributed by atoms with Crippen LogP contribution in [0.1, 0.15) is 16.2 Å². The fourth-order valence-electron chi connectivity index (χ4n) is 1.09. The molecule has 6 nitrogen and oxygen atoms in total. The van der Waals surface area contributed by atoms with Gasteiger partial charge in [0.25, 0.3) is 5.91 Å². The van der Waals surface area contributed by atoms with Gasteiger partial charge >= 0.3 is 0 Å². The number of carbonyl (C=O) groups excluding carboxylic acids is 1. The Hall–Kier alpha value is -1.76. The second-order valence-corrected chi connectivity index (χ2v) is 3.90. The van der Waals surface area contributed by atoms with Crippen molar-refractivity contribution in [1.82, 2.24) is 20.2 Å². The summed E-state index contributed by atoms with van der Waals surface area (Å²) in [7, 11) is 0. The van der Waals surface area contributed by atoms with Gasteiger partial charge in [-0.15, -0.1) is 0 Å². The molecular formula is C9H8BrN5O. The van der Waals surface area contributed by atoms with Crippen molar-refractivity contribution in [3.8, 4) is 0 Å². The number of H-pyrrole nitrogens is 1. The fourth-order valence-corrected chi connectivity index (χ4v) is 1.30. The lowest BCUT2D eigenvalue weighted by Crippen LogP contribution is -2.14. The minimum absolute atomic E-state index is 0.254. The number of hydrogen-bond donors (Lipinski definition) is 2. The molecule has 82 valence electrons. The van der Waals surface area contributed by atoms with Gasteiger partial charge in [0.1, 0.15) is 10.3 Å². The monoisotopic (exact) mass is 281 g/mol. The van der Waals surface area contributed by atoms with Gasteiger partial charge in [0, 0.05) is 0 Å². The van der Waals surface area contributed by atoms with Gasteiger partial charge in [0.05, 0.1) is 30.0 Å². The molecule has 7 heteroatoms. The predicted octanol–water partition coefficient (Wildman–Crippen LogP) is 1.52. The Bertz CT molecular complexity index is 507. The summed E-state index contributed by atoms with van der Waals surface area (Å²) in [5, 5.41) is 9.20. The third kappa shape index (κ3) is 2.25. The molecule has 0 aliphatic rings. The zero-order valence-electron chi connectivity index (χ0n) is 8.36. The minimum Gasteiger partial charge on any atom is -0.318 e. The second-order valence-electron chi connectivity index (χ2n) is 3.09. The van der Waals surface area contributed by atoms with Crippen LogP contribution in [0.4, 0.5) is 5.69 Å². The van der Waals surface area contributed by atoms with Crippen LogP contribution in [0.5, 0.6) is 0 Å². The Balaban J connectivity index is 2.15. The molecule has 0 aliphatic carbocycles. The standard InChI is InChI=1S/C9H8BrN5O/c1-5-6(3-13-15-5)14-9(16)7-2-12-8(10)4-11-7/h2-4H,1H3,(H,13,15)(H,14,16). The maximum Gasteiger partial charge on any atom is 0.275 e. The third-order valence-electron chi connectivity index (χ3n) is 1.93. The Morgan fingerprint density at radius 1 is 1.38 bits per heavy atom. The van der Waals surface area contributed by atoms with Crippen molar-refractivity contribution < 1.29 is 4.79 Å². The Labute approximate surface area is 99.6 Å². The third-order valence-corrected chi connectivity index (χ3v) is 2.34. The van der Waals surface area contributed by atoms with Crippen LogP contribution < -0.4 is 5.32 Å². The molecular weight excluding hydrogens is 274 g/mol. The Kier molecular flexibility index (Phi) is 2.95. The van der Waals surface area contributed by atoms with Gasteiger partial charge in [-0.05, 0) is 22.9 Å². The van der Waals surface area contributed by atoms with Gasteiger partial charge in [-0.25, -0.2) is 9.97 Å². The number of aryl methyl sites for hydroxylation is 1. The zero-order chi connectivity index (χ0) is 11.5. The summed E-state index contributed by atoms with van der Waals surface area (Å²) in [4.78, 5) is 19.6. The van der Waals surface area contributed by atoms with E-state index in [1.165, 1.54) is 12.4 Å². The van der Waals surface area contributed by atoms with Crippen molar-refractivity contribution in [2.24, 2.45) is 0 Å². The van der Waals surface area contributed by atoms with E-state index >= 15 is 0 Å². The normalized spacial score (nSPS) is 10.1. The van der Waals surface area contributed by atoms with Crippen molar-refractivity contribution in [3.63, 3.8) is 0 Å². The SMILES string of the molecule is Cc1[nH]ncc1NC(=O)c1cnc(Br)cn1. The topological polar surface area (TPSA) is 83.6 Å². The molecule has 0 radical (unpaired) electrons. The number of hydrogen-bond acceptors (Lipinski definition) is 4. The minimum atomic E-state index is -0.315. The number of anilines is 1. The number of halogens is 1. The van der Waals surface area contributed by atoms with Crippen LogP contribution in [0.15, 0.2) is 23.2 Å². The summed E-state index contributed by atoms with van der Waals surface area (Å²) >= 11 is 3.15. The van der Waals surface area contributed by atoms with Crippen LogP contribution in [0.2, 0.25) is 0 Å². The lowest BCUT2D eigenvalue weighted by molar-refractivity contribution is 0.102. The van der Waals surface area contributed by atoms with Crippen LogP contribution in [0.3, 0.4) is 0 Å². The van der Waals surface area contributed by atoms with Crippen molar-refractivity contribution >= 4 is 27.5 Å². The van der Waals surface area contributed by atoms with Gasteiger partial charge in [-0.3, -0.25) is 9.89 Å². The number of rotatable bonds is 2. The van der Waals surface area contributed by atoms with Crippen LogP contribution in [-0.4, -0.2) is 26.1 Å². The average molecular weight is 282 g/mol. The summed E-state index contributed by atoms with van der Waals surface area (Å²) in [6.07, 6.45) is 4.41. The van der Waals surface area contributed by atoms with Crippen molar-refractivity contribution in [2.75, 3.05) is 5.32 Å². The molecule has 0 aromatic carbocycles. The highest BCUT2D eigenvalue weighted by molar-refractivity contribution is 9.10. The largest absolute Gasteiger partial charge is 0.318 e. The number of nitrogens with one attached hydrogen (secondary N) is 2. The molecule has 0 atom stereocenters. The molecule has 0 saturated heterocycles. The summed E-state index contributed by atoms with van der Waals surface area (Å²) in [6.45, 7) is 1.82. The molecule has 0 bridgehead atoms. The van der Waals surface area contributed by atoms with Gasteiger partial charge in [0.2, 0.25) is 0 Å². The maximum absolute atomic E-state index is 11.7. The first-order valence-electron chi connectivity index (χ1n) is 4.45. The molecule has 2 N–H and O–H groups in total. The molecule has 0 saturated carbocycles. The molecule has 2 heterocycles. The van der Waals surface area contributed by atoms with E-state index in [-0.39, 0.29) is 11.6 Å². The maximum atomic E-state index is 11.7. The number of aromatic nitrogens is 4. The number of nitrogens with zero attached hydrogens (tertiary/aromatic N) is 3. The van der Waals surface area contributed by atoms with Crippen molar-refractivity contribution in [3.05, 3.63) is 34.6 Å². The lowest BCUT2D eigenvalue weighted by atomic mass is 10.3. The van der Waals surface area contributed by atoms with Gasteiger partial charge in [-0.2, -0.15) is 5.10 Å². The van der Waals surface area contributed by atoms with E-state index in [4.69, 9.17) is 0 Å². The highest BCUT2D eigenvalue weighted by Gasteiger charge is 2.10. The molecule has 2 aromatic heterocycles. The number of aromatic amines is 1. The van der Waals surface area contributed by atoms with E-state index in [0.29, 0.717) is 10.3 Å². The predicted molar refractivity (Wildman–Crippen MR) is 61.0 cm³/mol. The summed E-state index contributed by atoms with van der Waals surface area (Å²) in [6, 6.07) is 0. The molecule has 1 amide bonds. The Morgan fingerprint density at radius 3 is 2.75 bits per heavy atom. The highest BCUT2D eigenvalue weighted by Crippen LogP contribution is 2.11. The fraction of sp³-hybridized carbons (Fsp3) is 0.111. The quantitative estimate of drug-likeness (QED) is 0.874. The summed E-state index contributed by atoms with van der Waals surface area (Å²) in [5.41, 5.74) is 1.68. The molecule has 0 spiro atoms. The first kappa shape index (κ1) is 10.7. The van der Waals surface area contributed by atoms with E-state index < -0.39 is 0 Å². The molecule has 0 unspecified atom stereocenters. The Morgan fingerprint density at radius 2 is 2.19 bits per heavy atom. The van der Waals surface area contributed by atoms with Crippen LogP contribution in [0, 0.1) is 6.92 Å². The smallest absolute Gasteiger partial charge is 0.275 e. The van der Waals surface area contributed by atoms with Gasteiger partial charge in [0.15, 0.2) is 0 Å². The van der Waals surface area contributed by atoms with E-state index in [0.717, 1.165) is 5.69 Å². The van der Waals surface area contributed by atoms with Crippen LogP contribution in [-0.2, 0) is 0 Å². The van der Waals surface area contributed by atoms with Gasteiger partial charge < -0.3 is 5.32 Å². The first-order valence-corrected chi connectivity index (χ1v) is 5.25. The molecule has 16 heavy (non-hydrogen) atoms. The highest BCUT2D eigenvalue weighted by atomic mass is 79.9. The zero-order valence-corrected chi connectivity index (χ0v) is 9.95. The van der Waals surface area contributed by atoms with Gasteiger partial charge in [-0.1, -0.05) is 0 Å². The van der Waals surface area contributed by atoms with Crippen LogP contribution in [0.25, 0.3) is 0 Å². The number of amides is 1. The van der Waals surface area contributed by atoms with E-state index in [2.05, 4.69) is 41.4 Å². The molecule has 0 aliphatic heterocycles. The average Bonchev–Trinajstić information content (AvgIpc) is 2.65. The van der Waals surface area contributed by atoms with E-state index in [1.807, 2.05) is 6.92 Å². The molecule has 0 fully saturated rings. The second kappa shape index (κ2) is 4.40. The van der Waals surface area contributed by atoms with Crippen molar-refractivity contribution in [2.45, 2.75) is 6.92 Å². The lowest BCUT2D eigenvalue weighted by Gasteiger charge is -2.02. The summed E-state index contributed by atoms with van der Waals surface area (Å²) in [5.74, 6) is -0.315. The van der Waals surface area contributed by atoms with Crippen molar-refractivity contribution in [1.29, 1.82) is 0 Å². The number of carbonyl (C=O) groups is 1.